The summed E-state index contributed by atoms with van der Waals surface area (Å²) in [6.45, 7) is 0. The Bertz CT molecular complexity index is 414. The van der Waals surface area contributed by atoms with Crippen molar-refractivity contribution in [2.45, 2.75) is 6.04 Å². The molecule has 6 nitrogen and oxygen atoms in total. The number of nitrogens with zero attached hydrogens (tertiary/aromatic N) is 3. The number of imidazole rings is 1. The molecular weight excluding hydrogens is 216 g/mol. The number of aromatic amines is 1. The summed E-state index contributed by atoms with van der Waals surface area (Å²) in [5.41, 5.74) is 3.42. The van der Waals surface area contributed by atoms with Gasteiger partial charge in [-0.15, -0.1) is 0 Å². The fourth-order valence-corrected chi connectivity index (χ4v) is 1.74. The maximum atomic E-state index is 6.01. The lowest BCUT2D eigenvalue weighted by Crippen LogP contribution is -2.31. The molecular formula is C8H11ClN6. The van der Waals surface area contributed by atoms with Gasteiger partial charge in [0.1, 0.15) is 11.9 Å². The fourth-order valence-electron chi connectivity index (χ4n) is 1.47. The Morgan fingerprint density at radius 3 is 2.93 bits per heavy atom. The quantitative estimate of drug-likeness (QED) is 0.521. The van der Waals surface area contributed by atoms with Crippen LogP contribution >= 0.6 is 11.6 Å². The van der Waals surface area contributed by atoms with Gasteiger partial charge in [-0.1, -0.05) is 11.6 Å². The van der Waals surface area contributed by atoms with Crippen molar-refractivity contribution >= 4 is 11.6 Å². The number of nitrogens with two attached hydrogens (primary N) is 1. The van der Waals surface area contributed by atoms with Crippen molar-refractivity contribution in [1.82, 2.24) is 25.2 Å². The normalized spacial score (nSPS) is 13.0. The minimum Gasteiger partial charge on any atom is -0.347 e. The average molecular weight is 227 g/mol. The SMILES string of the molecule is Cn1ncc(Cl)c1C(NN)c1ncc[nH]1. The predicted octanol–water partition coefficient (Wildman–Crippen LogP) is 0.349. The smallest absolute Gasteiger partial charge is 0.130 e. The lowest BCUT2D eigenvalue weighted by atomic mass is 10.2. The van der Waals surface area contributed by atoms with Gasteiger partial charge < -0.3 is 4.98 Å². The molecule has 0 aliphatic carbocycles. The molecule has 0 aliphatic rings. The third-order valence-electron chi connectivity index (χ3n) is 2.17. The Kier molecular flexibility index (Phi) is 2.72. The summed E-state index contributed by atoms with van der Waals surface area (Å²) in [7, 11) is 1.80. The standard InChI is InChI=1S/C8H11ClN6/c1-15-7(5(9)4-13-15)6(14-10)8-11-2-3-12-8/h2-4,6,14H,10H2,1H3,(H,11,12). The van der Waals surface area contributed by atoms with Crippen LogP contribution in [0.25, 0.3) is 0 Å². The van der Waals surface area contributed by atoms with E-state index in [9.17, 15) is 0 Å². The van der Waals surface area contributed by atoms with Gasteiger partial charge in [0.2, 0.25) is 0 Å². The van der Waals surface area contributed by atoms with Gasteiger partial charge in [0.15, 0.2) is 0 Å². The van der Waals surface area contributed by atoms with Crippen molar-refractivity contribution < 1.29 is 0 Å². The maximum absolute atomic E-state index is 6.01. The summed E-state index contributed by atoms with van der Waals surface area (Å²) >= 11 is 6.01. The van der Waals surface area contributed by atoms with Crippen LogP contribution in [0.3, 0.4) is 0 Å². The summed E-state index contributed by atoms with van der Waals surface area (Å²) in [5, 5.41) is 4.60. The molecule has 4 N–H and O–H groups in total. The first-order valence-corrected chi connectivity index (χ1v) is 4.74. The van der Waals surface area contributed by atoms with Gasteiger partial charge in [-0.3, -0.25) is 10.5 Å². The molecule has 0 radical (unpaired) electrons. The molecule has 0 amide bonds. The molecule has 0 fully saturated rings. The molecule has 1 unspecified atom stereocenters. The molecule has 1 atom stereocenters. The van der Waals surface area contributed by atoms with Crippen molar-refractivity contribution in [3.63, 3.8) is 0 Å². The van der Waals surface area contributed by atoms with Crippen molar-refractivity contribution in [3.8, 4) is 0 Å². The van der Waals surface area contributed by atoms with E-state index in [1.54, 1.807) is 30.3 Å². The molecule has 2 heterocycles. The summed E-state index contributed by atoms with van der Waals surface area (Å²) in [6, 6.07) is -0.292. The number of halogens is 1. The number of H-pyrrole nitrogens is 1. The molecule has 2 rings (SSSR count). The monoisotopic (exact) mass is 226 g/mol. The molecule has 0 spiro atoms. The van der Waals surface area contributed by atoms with Crippen molar-refractivity contribution in [2.24, 2.45) is 12.9 Å². The van der Waals surface area contributed by atoms with Crippen molar-refractivity contribution in [2.75, 3.05) is 0 Å². The molecule has 80 valence electrons. The first kappa shape index (κ1) is 10.2. The Balaban J connectivity index is 2.44. The zero-order valence-corrected chi connectivity index (χ0v) is 8.86. The van der Waals surface area contributed by atoms with Crippen LogP contribution < -0.4 is 11.3 Å². The molecule has 15 heavy (non-hydrogen) atoms. The van der Waals surface area contributed by atoms with Gasteiger partial charge in [0.25, 0.3) is 0 Å². The van der Waals surface area contributed by atoms with E-state index in [4.69, 9.17) is 17.4 Å². The van der Waals surface area contributed by atoms with Crippen LogP contribution in [0.15, 0.2) is 18.6 Å². The van der Waals surface area contributed by atoms with Crippen molar-refractivity contribution in [1.29, 1.82) is 0 Å². The van der Waals surface area contributed by atoms with E-state index in [0.29, 0.717) is 10.8 Å². The minimum atomic E-state index is -0.292. The van der Waals surface area contributed by atoms with E-state index in [2.05, 4.69) is 20.5 Å². The molecule has 0 aromatic carbocycles. The Morgan fingerprint density at radius 1 is 1.67 bits per heavy atom. The molecule has 2 aromatic rings. The largest absolute Gasteiger partial charge is 0.347 e. The number of hydrogen-bond donors (Lipinski definition) is 3. The predicted molar refractivity (Wildman–Crippen MR) is 56.0 cm³/mol. The van der Waals surface area contributed by atoms with E-state index in [-0.39, 0.29) is 6.04 Å². The second-order valence-electron chi connectivity index (χ2n) is 3.08. The van der Waals surface area contributed by atoms with Crippen LogP contribution in [0.2, 0.25) is 5.02 Å². The summed E-state index contributed by atoms with van der Waals surface area (Å²) < 4.78 is 1.66. The molecule has 2 aromatic heterocycles. The van der Waals surface area contributed by atoms with Crippen LogP contribution in [0.1, 0.15) is 17.6 Å². The highest BCUT2D eigenvalue weighted by atomic mass is 35.5. The van der Waals surface area contributed by atoms with Crippen molar-refractivity contribution in [3.05, 3.63) is 35.1 Å². The second-order valence-corrected chi connectivity index (χ2v) is 3.48. The van der Waals surface area contributed by atoms with E-state index < -0.39 is 0 Å². The van der Waals surface area contributed by atoms with Gasteiger partial charge in [-0.05, 0) is 0 Å². The van der Waals surface area contributed by atoms with Crippen LogP contribution in [0.5, 0.6) is 0 Å². The highest BCUT2D eigenvalue weighted by Gasteiger charge is 2.21. The summed E-state index contributed by atoms with van der Waals surface area (Å²) in [6.07, 6.45) is 4.96. The van der Waals surface area contributed by atoms with E-state index in [1.165, 1.54) is 0 Å². The lowest BCUT2D eigenvalue weighted by Gasteiger charge is -2.14. The van der Waals surface area contributed by atoms with Crippen LogP contribution in [0, 0.1) is 0 Å². The third kappa shape index (κ3) is 1.74. The Labute approximate surface area is 91.4 Å². The zero-order valence-electron chi connectivity index (χ0n) is 8.11. The minimum absolute atomic E-state index is 0.292. The third-order valence-corrected chi connectivity index (χ3v) is 2.46. The maximum Gasteiger partial charge on any atom is 0.130 e. The average Bonchev–Trinajstić information content (AvgIpc) is 2.83. The first-order valence-electron chi connectivity index (χ1n) is 4.37. The lowest BCUT2D eigenvalue weighted by molar-refractivity contribution is 0.555. The summed E-state index contributed by atoms with van der Waals surface area (Å²) in [4.78, 5) is 7.11. The van der Waals surface area contributed by atoms with Crippen LogP contribution in [0.4, 0.5) is 0 Å². The Morgan fingerprint density at radius 2 is 2.47 bits per heavy atom. The van der Waals surface area contributed by atoms with E-state index in [0.717, 1.165) is 5.69 Å². The van der Waals surface area contributed by atoms with Gasteiger partial charge >= 0.3 is 0 Å². The second kappa shape index (κ2) is 4.01. The number of hydrazine groups is 1. The van der Waals surface area contributed by atoms with Crippen LogP contribution in [-0.4, -0.2) is 19.7 Å². The number of aryl methyl sites for hydroxylation is 1. The van der Waals surface area contributed by atoms with E-state index in [1.807, 2.05) is 0 Å². The van der Waals surface area contributed by atoms with Gasteiger partial charge in [0.05, 0.1) is 16.9 Å². The van der Waals surface area contributed by atoms with Crippen LogP contribution in [-0.2, 0) is 7.05 Å². The molecule has 0 bridgehead atoms. The van der Waals surface area contributed by atoms with Gasteiger partial charge in [-0.2, -0.15) is 5.10 Å². The summed E-state index contributed by atoms with van der Waals surface area (Å²) in [5.74, 6) is 6.18. The van der Waals surface area contributed by atoms with Gasteiger partial charge in [-0.25, -0.2) is 10.4 Å². The highest BCUT2D eigenvalue weighted by Crippen LogP contribution is 2.24. The van der Waals surface area contributed by atoms with Gasteiger partial charge in [0, 0.05) is 19.4 Å². The number of hydrogen-bond acceptors (Lipinski definition) is 4. The fraction of sp³-hybridized carbons (Fsp3) is 0.250. The molecule has 0 aliphatic heterocycles. The Hall–Kier alpha value is -1.37. The number of rotatable bonds is 3. The number of aromatic nitrogens is 4. The molecule has 7 heteroatoms. The first-order chi connectivity index (χ1) is 7.24. The zero-order chi connectivity index (χ0) is 10.8. The molecule has 0 saturated carbocycles. The van der Waals surface area contributed by atoms with E-state index >= 15 is 0 Å². The topological polar surface area (TPSA) is 84.6 Å². The number of nitrogens with one attached hydrogen (secondary N) is 2. The highest BCUT2D eigenvalue weighted by molar-refractivity contribution is 6.31. The molecule has 0 saturated heterocycles.